The van der Waals surface area contributed by atoms with Crippen LogP contribution < -0.4 is 4.90 Å². The van der Waals surface area contributed by atoms with Crippen molar-refractivity contribution in [3.05, 3.63) is 28.9 Å². The number of aryl methyl sites for hydroxylation is 3. The Hall–Kier alpha value is -1.46. The van der Waals surface area contributed by atoms with Gasteiger partial charge in [0.1, 0.15) is 16.5 Å². The molecule has 0 unspecified atom stereocenters. The SMILES string of the molecule is C=CCN1CCN(c2nc(CCCC)nc3sc4c(c23)CCCC4)CC1. The largest absolute Gasteiger partial charge is 0.353 e. The van der Waals surface area contributed by atoms with Crippen LogP contribution >= 0.6 is 11.3 Å². The number of anilines is 1. The predicted octanol–water partition coefficient (Wildman–Crippen LogP) is 4.22. The topological polar surface area (TPSA) is 32.3 Å². The molecule has 1 saturated heterocycles. The summed E-state index contributed by atoms with van der Waals surface area (Å²) in [6, 6.07) is 0. The van der Waals surface area contributed by atoms with Gasteiger partial charge in [-0.3, -0.25) is 4.90 Å². The second-order valence-electron chi connectivity index (χ2n) is 7.53. The zero-order chi connectivity index (χ0) is 17.9. The Morgan fingerprint density at radius 3 is 2.69 bits per heavy atom. The number of hydrogen-bond acceptors (Lipinski definition) is 5. The highest BCUT2D eigenvalue weighted by molar-refractivity contribution is 7.19. The third-order valence-electron chi connectivity index (χ3n) is 5.65. The van der Waals surface area contributed by atoms with Crippen molar-refractivity contribution in [1.29, 1.82) is 0 Å². The van der Waals surface area contributed by atoms with Crippen LogP contribution in [0.25, 0.3) is 10.2 Å². The zero-order valence-electron chi connectivity index (χ0n) is 16.0. The Balaban J connectivity index is 1.71. The number of thiophene rings is 1. The zero-order valence-corrected chi connectivity index (χ0v) is 16.8. The van der Waals surface area contributed by atoms with E-state index in [2.05, 4.69) is 23.3 Å². The highest BCUT2D eigenvalue weighted by Gasteiger charge is 2.25. The Kier molecular flexibility index (Phi) is 5.55. The van der Waals surface area contributed by atoms with Crippen LogP contribution in [0.5, 0.6) is 0 Å². The lowest BCUT2D eigenvalue weighted by Crippen LogP contribution is -2.46. The minimum absolute atomic E-state index is 0.989. The van der Waals surface area contributed by atoms with Gasteiger partial charge in [-0.05, 0) is 37.7 Å². The molecule has 5 heteroatoms. The van der Waals surface area contributed by atoms with Crippen molar-refractivity contribution in [3.8, 4) is 0 Å². The smallest absolute Gasteiger partial charge is 0.141 e. The minimum Gasteiger partial charge on any atom is -0.353 e. The van der Waals surface area contributed by atoms with Crippen molar-refractivity contribution in [2.75, 3.05) is 37.6 Å². The predicted molar refractivity (Wildman–Crippen MR) is 112 cm³/mol. The molecule has 4 nitrogen and oxygen atoms in total. The highest BCUT2D eigenvalue weighted by atomic mass is 32.1. The molecule has 1 aliphatic carbocycles. The van der Waals surface area contributed by atoms with Gasteiger partial charge in [-0.1, -0.05) is 19.4 Å². The first-order valence-electron chi connectivity index (χ1n) is 10.2. The summed E-state index contributed by atoms with van der Waals surface area (Å²) in [5, 5.41) is 1.38. The molecule has 2 aromatic rings. The second-order valence-corrected chi connectivity index (χ2v) is 8.62. The first-order valence-corrected chi connectivity index (χ1v) is 11.0. The van der Waals surface area contributed by atoms with Crippen LogP contribution in [0.2, 0.25) is 0 Å². The molecular weight excluding hydrogens is 340 g/mol. The molecule has 4 rings (SSSR count). The van der Waals surface area contributed by atoms with E-state index in [1.807, 2.05) is 17.4 Å². The monoisotopic (exact) mass is 370 g/mol. The summed E-state index contributed by atoms with van der Waals surface area (Å²) in [6.45, 7) is 11.4. The fourth-order valence-corrected chi connectivity index (χ4v) is 5.46. The van der Waals surface area contributed by atoms with Crippen LogP contribution in [-0.2, 0) is 19.3 Å². The molecule has 2 aliphatic rings. The molecule has 0 radical (unpaired) electrons. The Morgan fingerprint density at radius 1 is 1.12 bits per heavy atom. The third-order valence-corrected chi connectivity index (χ3v) is 6.84. The number of piperazine rings is 1. The molecule has 0 bridgehead atoms. The van der Waals surface area contributed by atoms with Gasteiger partial charge in [0.25, 0.3) is 0 Å². The number of aromatic nitrogens is 2. The summed E-state index contributed by atoms with van der Waals surface area (Å²) >= 11 is 1.93. The molecule has 0 N–H and O–H groups in total. The molecule has 0 atom stereocenters. The number of nitrogens with zero attached hydrogens (tertiary/aromatic N) is 4. The maximum atomic E-state index is 5.10. The van der Waals surface area contributed by atoms with E-state index in [1.165, 1.54) is 54.6 Å². The minimum atomic E-state index is 0.989. The average Bonchev–Trinajstić information content (AvgIpc) is 3.05. The number of rotatable bonds is 6. The van der Waals surface area contributed by atoms with Crippen LogP contribution in [0.15, 0.2) is 12.7 Å². The van der Waals surface area contributed by atoms with E-state index in [-0.39, 0.29) is 0 Å². The van der Waals surface area contributed by atoms with E-state index in [9.17, 15) is 0 Å². The van der Waals surface area contributed by atoms with E-state index in [1.54, 1.807) is 10.4 Å². The van der Waals surface area contributed by atoms with E-state index < -0.39 is 0 Å². The van der Waals surface area contributed by atoms with Crippen LogP contribution in [0.4, 0.5) is 5.82 Å². The lowest BCUT2D eigenvalue weighted by atomic mass is 9.97. The number of fused-ring (bicyclic) bond motifs is 3. The Morgan fingerprint density at radius 2 is 1.92 bits per heavy atom. The summed E-state index contributed by atoms with van der Waals surface area (Å²) in [6.07, 6.45) is 10.4. The highest BCUT2D eigenvalue weighted by Crippen LogP contribution is 2.40. The molecule has 0 saturated carbocycles. The van der Waals surface area contributed by atoms with E-state index in [0.29, 0.717) is 0 Å². The molecular formula is C21H30N4S. The number of unbranched alkanes of at least 4 members (excludes halogenated alkanes) is 1. The lowest BCUT2D eigenvalue weighted by Gasteiger charge is -2.35. The third kappa shape index (κ3) is 3.52. The maximum Gasteiger partial charge on any atom is 0.141 e. The van der Waals surface area contributed by atoms with E-state index in [0.717, 1.165) is 45.0 Å². The molecule has 0 aromatic carbocycles. The maximum absolute atomic E-state index is 5.10. The van der Waals surface area contributed by atoms with Crippen molar-refractivity contribution in [3.63, 3.8) is 0 Å². The average molecular weight is 371 g/mol. The molecule has 26 heavy (non-hydrogen) atoms. The van der Waals surface area contributed by atoms with Gasteiger partial charge in [0.15, 0.2) is 0 Å². The van der Waals surface area contributed by atoms with Gasteiger partial charge < -0.3 is 4.90 Å². The molecule has 140 valence electrons. The number of hydrogen-bond donors (Lipinski definition) is 0. The normalized spacial score (nSPS) is 18.3. The summed E-state index contributed by atoms with van der Waals surface area (Å²) in [7, 11) is 0. The standard InChI is InChI=1S/C21H30N4S/c1-3-5-10-18-22-20(25-14-12-24(11-4-2)13-15-25)19-16-8-6-7-9-17(16)26-21(19)23-18/h4H,2-3,5-15H2,1H3. The van der Waals surface area contributed by atoms with Gasteiger partial charge in [-0.2, -0.15) is 0 Å². The molecule has 1 aliphatic heterocycles. The Labute approximate surface area is 160 Å². The molecule has 2 aromatic heterocycles. The van der Waals surface area contributed by atoms with Crippen LogP contribution in [0.1, 0.15) is 48.9 Å². The summed E-state index contributed by atoms with van der Waals surface area (Å²) in [5.41, 5.74) is 1.56. The molecule has 3 heterocycles. The van der Waals surface area contributed by atoms with Crippen molar-refractivity contribution in [2.45, 2.75) is 51.9 Å². The molecule has 1 fully saturated rings. The van der Waals surface area contributed by atoms with Gasteiger partial charge in [-0.15, -0.1) is 17.9 Å². The fraction of sp³-hybridized carbons (Fsp3) is 0.619. The first kappa shape index (κ1) is 17.9. The lowest BCUT2D eigenvalue weighted by molar-refractivity contribution is 0.283. The van der Waals surface area contributed by atoms with Gasteiger partial charge in [0, 0.05) is 44.0 Å². The summed E-state index contributed by atoms with van der Waals surface area (Å²) < 4.78 is 0. The molecule has 0 amide bonds. The second kappa shape index (κ2) is 8.05. The quantitative estimate of drug-likeness (QED) is 0.713. The van der Waals surface area contributed by atoms with Gasteiger partial charge in [0.05, 0.1) is 5.39 Å². The van der Waals surface area contributed by atoms with Gasteiger partial charge in [0.2, 0.25) is 0 Å². The van der Waals surface area contributed by atoms with E-state index >= 15 is 0 Å². The van der Waals surface area contributed by atoms with Crippen molar-refractivity contribution in [1.82, 2.24) is 14.9 Å². The summed E-state index contributed by atoms with van der Waals surface area (Å²) in [5.74, 6) is 2.26. The van der Waals surface area contributed by atoms with Crippen molar-refractivity contribution >= 4 is 27.4 Å². The Bertz CT molecular complexity index is 774. The van der Waals surface area contributed by atoms with Crippen LogP contribution in [-0.4, -0.2) is 47.6 Å². The van der Waals surface area contributed by atoms with Gasteiger partial charge >= 0.3 is 0 Å². The fourth-order valence-electron chi connectivity index (χ4n) is 4.18. The van der Waals surface area contributed by atoms with Crippen molar-refractivity contribution in [2.24, 2.45) is 0 Å². The first-order chi connectivity index (χ1) is 12.8. The van der Waals surface area contributed by atoms with E-state index in [4.69, 9.17) is 9.97 Å². The van der Waals surface area contributed by atoms with Crippen LogP contribution in [0, 0.1) is 0 Å². The van der Waals surface area contributed by atoms with Crippen molar-refractivity contribution < 1.29 is 0 Å². The van der Waals surface area contributed by atoms with Gasteiger partial charge in [-0.25, -0.2) is 9.97 Å². The summed E-state index contributed by atoms with van der Waals surface area (Å²) in [4.78, 5) is 17.9. The van der Waals surface area contributed by atoms with Crippen LogP contribution in [0.3, 0.4) is 0 Å². The molecule has 0 spiro atoms.